The summed E-state index contributed by atoms with van der Waals surface area (Å²) in [4.78, 5) is 24.6. The van der Waals surface area contributed by atoms with Crippen LogP contribution < -0.4 is 5.32 Å². The van der Waals surface area contributed by atoms with Crippen molar-refractivity contribution >= 4 is 11.9 Å². The van der Waals surface area contributed by atoms with Crippen LogP contribution in [0.15, 0.2) is 78.9 Å². The van der Waals surface area contributed by atoms with Crippen LogP contribution >= 0.6 is 0 Å². The van der Waals surface area contributed by atoms with Crippen LogP contribution in [-0.4, -0.2) is 23.0 Å². The number of carbonyl (C=O) groups excluding carboxylic acids is 1. The van der Waals surface area contributed by atoms with Crippen molar-refractivity contribution < 1.29 is 14.7 Å². The van der Waals surface area contributed by atoms with Crippen LogP contribution in [0.2, 0.25) is 0 Å². The highest BCUT2D eigenvalue weighted by Gasteiger charge is 2.26. The summed E-state index contributed by atoms with van der Waals surface area (Å²) >= 11 is 0. The molecule has 0 spiro atoms. The Morgan fingerprint density at radius 3 is 2.03 bits per heavy atom. The second-order valence-electron chi connectivity index (χ2n) is 8.63. The van der Waals surface area contributed by atoms with Gasteiger partial charge in [0.2, 0.25) is 0 Å². The minimum absolute atomic E-state index is 0.337. The van der Waals surface area contributed by atoms with Gasteiger partial charge in [0, 0.05) is 5.56 Å². The minimum atomic E-state index is -0.962. The zero-order chi connectivity index (χ0) is 22.3. The number of nitrogens with one attached hydrogen (secondary N) is 1. The van der Waals surface area contributed by atoms with E-state index >= 15 is 0 Å². The third-order valence-electron chi connectivity index (χ3n) is 6.35. The number of carbonyl (C=O) groups is 2. The first kappa shape index (κ1) is 21.8. The average molecular weight is 428 g/mol. The Bertz CT molecular complexity index is 1050. The zero-order valence-corrected chi connectivity index (χ0v) is 18.2. The molecule has 164 valence electrons. The van der Waals surface area contributed by atoms with Crippen molar-refractivity contribution in [3.05, 3.63) is 84.4 Å². The predicted octanol–water partition coefficient (Wildman–Crippen LogP) is 6.17. The van der Waals surface area contributed by atoms with Crippen LogP contribution in [0, 0.1) is 5.92 Å². The molecule has 4 rings (SSSR count). The molecule has 0 unspecified atom stereocenters. The topological polar surface area (TPSA) is 66.4 Å². The highest BCUT2D eigenvalue weighted by atomic mass is 16.4. The van der Waals surface area contributed by atoms with Gasteiger partial charge in [-0.2, -0.15) is 0 Å². The van der Waals surface area contributed by atoms with Gasteiger partial charge < -0.3 is 10.4 Å². The van der Waals surface area contributed by atoms with Gasteiger partial charge in [-0.05, 0) is 46.7 Å². The fourth-order valence-electron chi connectivity index (χ4n) is 4.54. The Morgan fingerprint density at radius 2 is 1.38 bits per heavy atom. The lowest BCUT2D eigenvalue weighted by molar-refractivity contribution is -0.139. The van der Waals surface area contributed by atoms with E-state index in [2.05, 4.69) is 29.6 Å². The second kappa shape index (κ2) is 10.3. The van der Waals surface area contributed by atoms with Gasteiger partial charge in [0.25, 0.3) is 5.91 Å². The van der Waals surface area contributed by atoms with Crippen LogP contribution in [-0.2, 0) is 4.79 Å². The molecule has 0 radical (unpaired) electrons. The first-order chi connectivity index (χ1) is 15.6. The molecule has 1 aliphatic rings. The van der Waals surface area contributed by atoms with E-state index < -0.39 is 12.0 Å². The number of amides is 1. The molecule has 1 amide bonds. The average Bonchev–Trinajstić information content (AvgIpc) is 2.85. The van der Waals surface area contributed by atoms with E-state index in [1.807, 2.05) is 48.5 Å². The van der Waals surface area contributed by atoms with Crippen molar-refractivity contribution in [2.75, 3.05) is 0 Å². The van der Waals surface area contributed by atoms with E-state index in [1.54, 1.807) is 6.07 Å². The molecule has 1 aliphatic carbocycles. The Morgan fingerprint density at radius 1 is 0.781 bits per heavy atom. The van der Waals surface area contributed by atoms with Crippen molar-refractivity contribution in [2.24, 2.45) is 5.92 Å². The SMILES string of the molecule is O=C(N[C@@H](CC1CCCCC1)C(=O)O)c1cccc(-c2ccc(-c3ccccc3)cc2)c1. The molecule has 1 saturated carbocycles. The van der Waals surface area contributed by atoms with E-state index in [1.165, 1.54) is 6.42 Å². The van der Waals surface area contributed by atoms with Gasteiger partial charge >= 0.3 is 5.97 Å². The summed E-state index contributed by atoms with van der Waals surface area (Å²) in [5.41, 5.74) is 4.71. The third-order valence-corrected chi connectivity index (χ3v) is 6.35. The molecular formula is C28H29NO3. The van der Waals surface area contributed by atoms with Gasteiger partial charge in [-0.15, -0.1) is 0 Å². The van der Waals surface area contributed by atoms with Gasteiger partial charge in [-0.3, -0.25) is 4.79 Å². The first-order valence-corrected chi connectivity index (χ1v) is 11.4. The van der Waals surface area contributed by atoms with Crippen LogP contribution in [0.5, 0.6) is 0 Å². The van der Waals surface area contributed by atoms with Crippen LogP contribution in [0.1, 0.15) is 48.9 Å². The molecule has 4 nitrogen and oxygen atoms in total. The Hall–Kier alpha value is -3.40. The van der Waals surface area contributed by atoms with Gasteiger partial charge in [-0.1, -0.05) is 98.8 Å². The molecule has 4 heteroatoms. The van der Waals surface area contributed by atoms with E-state index in [9.17, 15) is 14.7 Å². The number of aliphatic carboxylic acids is 1. The largest absolute Gasteiger partial charge is 0.480 e. The Balaban J connectivity index is 1.46. The highest BCUT2D eigenvalue weighted by molar-refractivity contribution is 5.97. The maximum atomic E-state index is 12.8. The Labute approximate surface area is 189 Å². The summed E-state index contributed by atoms with van der Waals surface area (Å²) in [7, 11) is 0. The molecule has 0 bridgehead atoms. The van der Waals surface area contributed by atoms with Gasteiger partial charge in [0.05, 0.1) is 0 Å². The molecule has 0 heterocycles. The molecule has 3 aromatic carbocycles. The summed E-state index contributed by atoms with van der Waals surface area (Å²) in [6, 6.07) is 24.9. The maximum absolute atomic E-state index is 12.8. The molecule has 1 fully saturated rings. The summed E-state index contributed by atoms with van der Waals surface area (Å²) in [5, 5.41) is 12.4. The second-order valence-corrected chi connectivity index (χ2v) is 8.63. The monoisotopic (exact) mass is 427 g/mol. The minimum Gasteiger partial charge on any atom is -0.480 e. The van der Waals surface area contributed by atoms with Crippen molar-refractivity contribution in [3.8, 4) is 22.3 Å². The molecule has 0 saturated heterocycles. The summed E-state index contributed by atoms with van der Waals surface area (Å²) in [5.74, 6) is -0.924. The van der Waals surface area contributed by atoms with Gasteiger partial charge in [0.1, 0.15) is 6.04 Å². The lowest BCUT2D eigenvalue weighted by atomic mass is 9.85. The van der Waals surface area contributed by atoms with E-state index in [-0.39, 0.29) is 5.91 Å². The molecule has 0 aromatic heterocycles. The standard InChI is InChI=1S/C28H29NO3/c30-27(29-26(28(31)32)18-20-8-3-1-4-9-20)25-13-7-12-24(19-25)23-16-14-22(15-17-23)21-10-5-2-6-11-21/h2,5-7,10-17,19-20,26H,1,3-4,8-9,18H2,(H,29,30)(H,31,32)/t26-/m0/s1. The third kappa shape index (κ3) is 5.44. The molecular weight excluding hydrogens is 398 g/mol. The van der Waals surface area contributed by atoms with Crippen LogP contribution in [0.3, 0.4) is 0 Å². The van der Waals surface area contributed by atoms with E-state index in [4.69, 9.17) is 0 Å². The van der Waals surface area contributed by atoms with Gasteiger partial charge in [-0.25, -0.2) is 4.79 Å². The van der Waals surface area contributed by atoms with Crippen LogP contribution in [0.4, 0.5) is 0 Å². The molecule has 32 heavy (non-hydrogen) atoms. The maximum Gasteiger partial charge on any atom is 0.326 e. The molecule has 1 atom stereocenters. The lowest BCUT2D eigenvalue weighted by Crippen LogP contribution is -2.42. The summed E-state index contributed by atoms with van der Waals surface area (Å²) in [6.07, 6.45) is 6.12. The van der Waals surface area contributed by atoms with Crippen molar-refractivity contribution in [1.82, 2.24) is 5.32 Å². The Kier molecular flexibility index (Phi) is 7.00. The number of rotatable bonds is 7. The first-order valence-electron chi connectivity index (χ1n) is 11.4. The van der Waals surface area contributed by atoms with Crippen LogP contribution in [0.25, 0.3) is 22.3 Å². The smallest absolute Gasteiger partial charge is 0.326 e. The lowest BCUT2D eigenvalue weighted by Gasteiger charge is -2.25. The van der Waals surface area contributed by atoms with E-state index in [0.717, 1.165) is 47.9 Å². The number of carboxylic acids is 1. The highest BCUT2D eigenvalue weighted by Crippen LogP contribution is 2.28. The van der Waals surface area contributed by atoms with Gasteiger partial charge in [0.15, 0.2) is 0 Å². The fraction of sp³-hybridized carbons (Fsp3) is 0.286. The van der Waals surface area contributed by atoms with Crippen molar-refractivity contribution in [1.29, 1.82) is 0 Å². The van der Waals surface area contributed by atoms with Crippen molar-refractivity contribution in [3.63, 3.8) is 0 Å². The number of hydrogen-bond donors (Lipinski definition) is 2. The summed E-state index contributed by atoms with van der Waals surface area (Å²) < 4.78 is 0. The van der Waals surface area contributed by atoms with Crippen molar-refractivity contribution in [2.45, 2.75) is 44.6 Å². The van der Waals surface area contributed by atoms with E-state index in [0.29, 0.717) is 17.9 Å². The zero-order valence-electron chi connectivity index (χ0n) is 18.2. The number of carboxylic acid groups (broad SMARTS) is 1. The molecule has 3 aromatic rings. The predicted molar refractivity (Wildman–Crippen MR) is 127 cm³/mol. The molecule has 2 N–H and O–H groups in total. The molecule has 0 aliphatic heterocycles. The fourth-order valence-corrected chi connectivity index (χ4v) is 4.54. The number of hydrogen-bond acceptors (Lipinski definition) is 2. The normalized spacial score (nSPS) is 15.1. The quantitative estimate of drug-likeness (QED) is 0.473. The summed E-state index contributed by atoms with van der Waals surface area (Å²) in [6.45, 7) is 0. The number of benzene rings is 3.